The molecule has 0 spiro atoms. The standard InChI is InChI=1S/C32H35F3O2/c1-3-5-20-37-26-15-12-24(13-16-26)29-18-14-25(31(34)32(29)35)11-8-22-6-9-23(10-7-22)28-19-17-27(36-4-2)21-30(28)33/h9,12-19,21-22H,3-8,10-11,20H2,1-2H3. The van der Waals surface area contributed by atoms with Gasteiger partial charge < -0.3 is 9.47 Å². The quantitative estimate of drug-likeness (QED) is 0.240. The van der Waals surface area contributed by atoms with E-state index in [1.54, 1.807) is 48.5 Å². The Bertz CT molecular complexity index is 1220. The Labute approximate surface area is 218 Å². The molecule has 0 N–H and O–H groups in total. The molecule has 1 atom stereocenters. The van der Waals surface area contributed by atoms with E-state index in [4.69, 9.17) is 9.47 Å². The average Bonchev–Trinajstić information content (AvgIpc) is 2.91. The highest BCUT2D eigenvalue weighted by molar-refractivity contribution is 5.67. The van der Waals surface area contributed by atoms with Crippen LogP contribution in [-0.2, 0) is 6.42 Å². The van der Waals surface area contributed by atoms with Crippen LogP contribution in [0.25, 0.3) is 16.7 Å². The van der Waals surface area contributed by atoms with Crippen LogP contribution in [0.1, 0.15) is 63.5 Å². The molecule has 0 amide bonds. The lowest BCUT2D eigenvalue weighted by Gasteiger charge is -2.23. The first-order valence-electron chi connectivity index (χ1n) is 13.3. The Morgan fingerprint density at radius 2 is 1.59 bits per heavy atom. The second-order valence-electron chi connectivity index (χ2n) is 9.61. The highest BCUT2D eigenvalue weighted by Gasteiger charge is 2.20. The molecule has 0 heterocycles. The highest BCUT2D eigenvalue weighted by atomic mass is 19.2. The minimum absolute atomic E-state index is 0.254. The second kappa shape index (κ2) is 12.8. The lowest BCUT2D eigenvalue weighted by molar-refractivity contribution is 0.309. The lowest BCUT2D eigenvalue weighted by atomic mass is 9.83. The number of halogens is 3. The van der Waals surface area contributed by atoms with Crippen molar-refractivity contribution in [2.75, 3.05) is 13.2 Å². The van der Waals surface area contributed by atoms with Crippen molar-refractivity contribution in [1.29, 1.82) is 0 Å². The van der Waals surface area contributed by atoms with E-state index in [2.05, 4.69) is 13.0 Å². The summed E-state index contributed by atoms with van der Waals surface area (Å²) in [5.41, 5.74) is 2.89. The minimum atomic E-state index is -0.811. The Morgan fingerprint density at radius 3 is 2.27 bits per heavy atom. The predicted octanol–water partition coefficient (Wildman–Crippen LogP) is 9.16. The van der Waals surface area contributed by atoms with Gasteiger partial charge in [0.2, 0.25) is 0 Å². The molecule has 0 bridgehead atoms. The van der Waals surface area contributed by atoms with E-state index in [9.17, 15) is 13.2 Å². The third-order valence-electron chi connectivity index (χ3n) is 7.03. The molecule has 0 fully saturated rings. The third kappa shape index (κ3) is 6.76. The topological polar surface area (TPSA) is 18.5 Å². The molecule has 3 aromatic rings. The van der Waals surface area contributed by atoms with Gasteiger partial charge in [-0.2, -0.15) is 0 Å². The van der Waals surface area contributed by atoms with Crippen LogP contribution in [0, 0.1) is 23.4 Å². The van der Waals surface area contributed by atoms with Crippen LogP contribution in [0.5, 0.6) is 11.5 Å². The number of allylic oxidation sites excluding steroid dienone is 2. The molecule has 37 heavy (non-hydrogen) atoms. The Kier molecular flexibility index (Phi) is 9.32. The molecular weight excluding hydrogens is 473 g/mol. The number of ether oxygens (including phenoxy) is 2. The summed E-state index contributed by atoms with van der Waals surface area (Å²) in [6, 6.07) is 15.5. The van der Waals surface area contributed by atoms with Gasteiger partial charge in [0, 0.05) is 17.2 Å². The SMILES string of the molecule is CCCCOc1ccc(-c2ccc(CCC3CC=C(c4ccc(OCC)cc4F)CC3)c(F)c2F)cc1. The van der Waals surface area contributed by atoms with Gasteiger partial charge in [-0.25, -0.2) is 13.2 Å². The number of hydrogen-bond acceptors (Lipinski definition) is 2. The summed E-state index contributed by atoms with van der Waals surface area (Å²) in [6.45, 7) is 5.11. The first-order chi connectivity index (χ1) is 18.0. The van der Waals surface area contributed by atoms with E-state index in [-0.39, 0.29) is 11.4 Å². The molecule has 3 aromatic carbocycles. The maximum Gasteiger partial charge on any atom is 0.166 e. The van der Waals surface area contributed by atoms with Crippen molar-refractivity contribution in [2.45, 2.75) is 58.8 Å². The van der Waals surface area contributed by atoms with Gasteiger partial charge in [-0.05, 0) is 92.3 Å². The Balaban J connectivity index is 1.35. The van der Waals surface area contributed by atoms with Crippen molar-refractivity contribution in [2.24, 2.45) is 5.92 Å². The fourth-order valence-corrected chi connectivity index (χ4v) is 4.84. The van der Waals surface area contributed by atoms with Crippen molar-refractivity contribution in [3.63, 3.8) is 0 Å². The van der Waals surface area contributed by atoms with Gasteiger partial charge in [0.1, 0.15) is 17.3 Å². The van der Waals surface area contributed by atoms with E-state index in [1.807, 2.05) is 6.92 Å². The van der Waals surface area contributed by atoms with Gasteiger partial charge >= 0.3 is 0 Å². The van der Waals surface area contributed by atoms with E-state index < -0.39 is 11.6 Å². The maximum absolute atomic E-state index is 15.0. The molecule has 2 nitrogen and oxygen atoms in total. The average molecular weight is 509 g/mol. The number of hydrogen-bond donors (Lipinski definition) is 0. The van der Waals surface area contributed by atoms with Crippen molar-refractivity contribution < 1.29 is 22.6 Å². The van der Waals surface area contributed by atoms with Crippen LogP contribution < -0.4 is 9.47 Å². The van der Waals surface area contributed by atoms with Crippen LogP contribution in [-0.4, -0.2) is 13.2 Å². The molecule has 0 radical (unpaired) electrons. The molecule has 196 valence electrons. The van der Waals surface area contributed by atoms with Gasteiger partial charge in [-0.15, -0.1) is 0 Å². The smallest absolute Gasteiger partial charge is 0.166 e. The molecule has 1 unspecified atom stereocenters. The lowest BCUT2D eigenvalue weighted by Crippen LogP contribution is -2.08. The van der Waals surface area contributed by atoms with Crippen LogP contribution in [0.2, 0.25) is 0 Å². The Morgan fingerprint density at radius 1 is 0.838 bits per heavy atom. The molecule has 0 aromatic heterocycles. The van der Waals surface area contributed by atoms with Crippen molar-refractivity contribution in [1.82, 2.24) is 0 Å². The zero-order chi connectivity index (χ0) is 26.2. The maximum atomic E-state index is 15.0. The Hall–Kier alpha value is -3.21. The number of aryl methyl sites for hydroxylation is 1. The third-order valence-corrected chi connectivity index (χ3v) is 7.03. The van der Waals surface area contributed by atoms with Gasteiger partial charge in [0.25, 0.3) is 0 Å². The van der Waals surface area contributed by atoms with Crippen molar-refractivity contribution in [3.8, 4) is 22.6 Å². The summed E-state index contributed by atoms with van der Waals surface area (Å²) in [6.07, 6.45) is 7.81. The molecule has 0 aliphatic heterocycles. The largest absolute Gasteiger partial charge is 0.494 e. The molecule has 0 saturated carbocycles. The van der Waals surface area contributed by atoms with Crippen molar-refractivity contribution >= 4 is 5.57 Å². The van der Waals surface area contributed by atoms with E-state index in [0.29, 0.717) is 48.0 Å². The molecule has 4 rings (SSSR count). The first kappa shape index (κ1) is 26.8. The monoisotopic (exact) mass is 508 g/mol. The minimum Gasteiger partial charge on any atom is -0.494 e. The summed E-state index contributed by atoms with van der Waals surface area (Å²) in [7, 11) is 0. The predicted molar refractivity (Wildman–Crippen MR) is 143 cm³/mol. The second-order valence-corrected chi connectivity index (χ2v) is 9.61. The van der Waals surface area contributed by atoms with Gasteiger partial charge in [0.15, 0.2) is 11.6 Å². The number of unbranched alkanes of at least 4 members (excludes halogenated alkanes) is 1. The number of rotatable bonds is 11. The van der Waals surface area contributed by atoms with Crippen LogP contribution >= 0.6 is 0 Å². The highest BCUT2D eigenvalue weighted by Crippen LogP contribution is 2.35. The van der Waals surface area contributed by atoms with E-state index >= 15 is 0 Å². The zero-order valence-corrected chi connectivity index (χ0v) is 21.7. The van der Waals surface area contributed by atoms with Crippen LogP contribution in [0.15, 0.2) is 60.7 Å². The van der Waals surface area contributed by atoms with Gasteiger partial charge in [-0.1, -0.05) is 43.7 Å². The van der Waals surface area contributed by atoms with Gasteiger partial charge in [0.05, 0.1) is 13.2 Å². The number of benzene rings is 3. The van der Waals surface area contributed by atoms with E-state index in [1.165, 1.54) is 6.07 Å². The molecule has 1 aliphatic carbocycles. The molecule has 0 saturated heterocycles. The summed E-state index contributed by atoms with van der Waals surface area (Å²) >= 11 is 0. The van der Waals surface area contributed by atoms with Crippen LogP contribution in [0.3, 0.4) is 0 Å². The van der Waals surface area contributed by atoms with Gasteiger partial charge in [-0.3, -0.25) is 0 Å². The molecular formula is C32H35F3O2. The normalized spacial score (nSPS) is 15.4. The summed E-state index contributed by atoms with van der Waals surface area (Å²) in [5.74, 6) is -0.238. The van der Waals surface area contributed by atoms with Crippen LogP contribution in [0.4, 0.5) is 13.2 Å². The zero-order valence-electron chi connectivity index (χ0n) is 21.7. The summed E-state index contributed by atoms with van der Waals surface area (Å²) in [4.78, 5) is 0. The first-order valence-corrected chi connectivity index (χ1v) is 13.3. The molecule has 5 heteroatoms. The van der Waals surface area contributed by atoms with Crippen molar-refractivity contribution in [3.05, 3.63) is 89.3 Å². The summed E-state index contributed by atoms with van der Waals surface area (Å²) < 4.78 is 55.5. The van der Waals surface area contributed by atoms with E-state index in [0.717, 1.165) is 49.8 Å². The fourth-order valence-electron chi connectivity index (χ4n) is 4.84. The molecule has 1 aliphatic rings. The summed E-state index contributed by atoms with van der Waals surface area (Å²) in [5, 5.41) is 0. The fraction of sp³-hybridized carbons (Fsp3) is 0.375.